The number of nitrogens with zero attached hydrogens (tertiary/aromatic N) is 2. The predicted octanol–water partition coefficient (Wildman–Crippen LogP) is 7.68. The quantitative estimate of drug-likeness (QED) is 0.110. The van der Waals surface area contributed by atoms with E-state index in [0.29, 0.717) is 62.4 Å². The van der Waals surface area contributed by atoms with Crippen LogP contribution in [0.4, 0.5) is 17.6 Å². The van der Waals surface area contributed by atoms with Crippen LogP contribution in [0, 0.1) is 5.82 Å². The predicted molar refractivity (Wildman–Crippen MR) is 140 cm³/mol. The molecule has 212 valence electrons. The number of oxazole rings is 2. The first-order valence-electron chi connectivity index (χ1n) is 13.0. The summed E-state index contributed by atoms with van der Waals surface area (Å²) in [6.45, 7) is 1.88. The Balaban J connectivity index is 1.02. The van der Waals surface area contributed by atoms with E-state index in [1.807, 2.05) is 0 Å². The van der Waals surface area contributed by atoms with E-state index in [9.17, 15) is 17.6 Å². The molecule has 40 heavy (non-hydrogen) atoms. The van der Waals surface area contributed by atoms with Gasteiger partial charge in [-0.15, -0.1) is 0 Å². The standard InChI is InChI=1S/C30H30F4N2O4/c31-25-12-6-23(7-13-25)9-15-29-36-27(21-40-29)19-38-17-3-1-2-16-37-18-26-20-39-28(35-26)14-8-22-4-10-24(11-5-22)30(32,33)34/h4-7,9-13,15,20-21H,1-3,8,14,16-19H2/b15-9+. The third-order valence-electron chi connectivity index (χ3n) is 5.94. The van der Waals surface area contributed by atoms with Crippen LogP contribution in [0.1, 0.15) is 59.1 Å². The Hall–Kier alpha value is -3.76. The van der Waals surface area contributed by atoms with Gasteiger partial charge in [-0.1, -0.05) is 24.3 Å². The van der Waals surface area contributed by atoms with Crippen LogP contribution in [0.2, 0.25) is 0 Å². The molecule has 0 unspecified atom stereocenters. The van der Waals surface area contributed by atoms with Crippen molar-refractivity contribution in [3.05, 3.63) is 107 Å². The molecule has 0 aliphatic rings. The lowest BCUT2D eigenvalue weighted by Gasteiger charge is -2.07. The summed E-state index contributed by atoms with van der Waals surface area (Å²) in [5, 5.41) is 0. The van der Waals surface area contributed by atoms with Gasteiger partial charge in [0.2, 0.25) is 5.89 Å². The first-order chi connectivity index (χ1) is 19.3. The normalized spacial score (nSPS) is 12.0. The summed E-state index contributed by atoms with van der Waals surface area (Å²) in [5.74, 6) is 0.703. The first-order valence-corrected chi connectivity index (χ1v) is 13.0. The van der Waals surface area contributed by atoms with Crippen molar-refractivity contribution in [3.8, 4) is 0 Å². The van der Waals surface area contributed by atoms with Crippen molar-refractivity contribution in [3.63, 3.8) is 0 Å². The van der Waals surface area contributed by atoms with Gasteiger partial charge in [0.05, 0.1) is 18.8 Å². The molecule has 0 N–H and O–H groups in total. The van der Waals surface area contributed by atoms with E-state index in [1.165, 1.54) is 24.3 Å². The van der Waals surface area contributed by atoms with Gasteiger partial charge in [-0.2, -0.15) is 13.2 Å². The Labute approximate surface area is 229 Å². The van der Waals surface area contributed by atoms with Crippen LogP contribution in [0.5, 0.6) is 0 Å². The molecule has 0 bridgehead atoms. The second-order valence-electron chi connectivity index (χ2n) is 9.16. The highest BCUT2D eigenvalue weighted by atomic mass is 19.4. The van der Waals surface area contributed by atoms with E-state index in [0.717, 1.165) is 42.5 Å². The van der Waals surface area contributed by atoms with Crippen molar-refractivity contribution in [1.29, 1.82) is 0 Å². The molecule has 4 aromatic rings. The summed E-state index contributed by atoms with van der Waals surface area (Å²) in [4.78, 5) is 8.72. The summed E-state index contributed by atoms with van der Waals surface area (Å²) < 4.78 is 73.1. The van der Waals surface area contributed by atoms with E-state index in [2.05, 4.69) is 9.97 Å². The second kappa shape index (κ2) is 14.6. The average molecular weight is 559 g/mol. The molecule has 6 nitrogen and oxygen atoms in total. The lowest BCUT2D eigenvalue weighted by molar-refractivity contribution is -0.137. The van der Waals surface area contributed by atoms with Crippen LogP contribution in [0.25, 0.3) is 12.2 Å². The third kappa shape index (κ3) is 9.77. The third-order valence-corrected chi connectivity index (χ3v) is 5.94. The van der Waals surface area contributed by atoms with Gasteiger partial charge in [0.15, 0.2) is 5.89 Å². The number of hydrogen-bond acceptors (Lipinski definition) is 6. The number of hydrogen-bond donors (Lipinski definition) is 0. The minimum atomic E-state index is -4.33. The van der Waals surface area contributed by atoms with Crippen molar-refractivity contribution in [2.75, 3.05) is 13.2 Å². The number of rotatable bonds is 15. The van der Waals surface area contributed by atoms with Crippen molar-refractivity contribution in [2.45, 2.75) is 51.5 Å². The number of ether oxygens (including phenoxy) is 2. The number of benzene rings is 2. The lowest BCUT2D eigenvalue weighted by Crippen LogP contribution is -2.04. The lowest BCUT2D eigenvalue weighted by atomic mass is 10.1. The number of alkyl halides is 3. The Morgan fingerprint density at radius 2 is 1.38 bits per heavy atom. The van der Waals surface area contributed by atoms with Crippen LogP contribution in [-0.2, 0) is 41.7 Å². The second-order valence-corrected chi connectivity index (χ2v) is 9.16. The topological polar surface area (TPSA) is 70.5 Å². The number of aromatic nitrogens is 2. The van der Waals surface area contributed by atoms with Crippen LogP contribution in [0.3, 0.4) is 0 Å². The molecule has 2 heterocycles. The molecular weight excluding hydrogens is 528 g/mol. The molecule has 0 atom stereocenters. The van der Waals surface area contributed by atoms with Crippen LogP contribution < -0.4 is 0 Å². The van der Waals surface area contributed by atoms with Gasteiger partial charge in [-0.3, -0.25) is 0 Å². The Morgan fingerprint density at radius 3 is 2.05 bits per heavy atom. The van der Waals surface area contributed by atoms with Gasteiger partial charge in [-0.05, 0) is 67.2 Å². The summed E-state index contributed by atoms with van der Waals surface area (Å²) in [6.07, 6.45) is 6.03. The maximum atomic E-state index is 13.0. The summed E-state index contributed by atoms with van der Waals surface area (Å²) in [6, 6.07) is 11.3. The van der Waals surface area contributed by atoms with Crippen molar-refractivity contribution in [2.24, 2.45) is 0 Å². The molecule has 0 radical (unpaired) electrons. The zero-order chi connectivity index (χ0) is 28.2. The zero-order valence-corrected chi connectivity index (χ0v) is 21.8. The van der Waals surface area contributed by atoms with E-state index < -0.39 is 11.7 Å². The minimum Gasteiger partial charge on any atom is -0.449 e. The molecule has 0 saturated heterocycles. The van der Waals surface area contributed by atoms with E-state index in [-0.39, 0.29) is 5.82 Å². The van der Waals surface area contributed by atoms with Crippen molar-refractivity contribution in [1.82, 2.24) is 9.97 Å². The Morgan fingerprint density at radius 1 is 0.725 bits per heavy atom. The maximum absolute atomic E-state index is 13.0. The smallest absolute Gasteiger partial charge is 0.416 e. The average Bonchev–Trinajstić information content (AvgIpc) is 3.60. The summed E-state index contributed by atoms with van der Waals surface area (Å²) in [7, 11) is 0. The van der Waals surface area contributed by atoms with Gasteiger partial charge >= 0.3 is 6.18 Å². The largest absolute Gasteiger partial charge is 0.449 e. The molecule has 2 aromatic heterocycles. The number of halogens is 4. The van der Waals surface area contributed by atoms with Crippen LogP contribution in [-0.4, -0.2) is 23.2 Å². The van der Waals surface area contributed by atoms with Gasteiger partial charge < -0.3 is 18.3 Å². The maximum Gasteiger partial charge on any atom is 0.416 e. The van der Waals surface area contributed by atoms with Crippen molar-refractivity contribution < 1.29 is 35.9 Å². The highest BCUT2D eigenvalue weighted by Crippen LogP contribution is 2.29. The Kier molecular flexibility index (Phi) is 10.7. The molecule has 2 aromatic carbocycles. The van der Waals surface area contributed by atoms with Crippen LogP contribution in [0.15, 0.2) is 69.9 Å². The van der Waals surface area contributed by atoms with E-state index >= 15 is 0 Å². The highest BCUT2D eigenvalue weighted by molar-refractivity contribution is 5.65. The fraction of sp³-hybridized carbons (Fsp3) is 0.333. The monoisotopic (exact) mass is 558 g/mol. The number of aryl methyl sites for hydroxylation is 2. The Bertz CT molecular complexity index is 1330. The molecular formula is C30H30F4N2O4. The fourth-order valence-electron chi connectivity index (χ4n) is 3.79. The molecule has 0 saturated carbocycles. The van der Waals surface area contributed by atoms with E-state index in [1.54, 1.807) is 36.8 Å². The van der Waals surface area contributed by atoms with Gasteiger partial charge in [0.25, 0.3) is 0 Å². The van der Waals surface area contributed by atoms with E-state index in [4.69, 9.17) is 18.3 Å². The molecule has 0 aliphatic heterocycles. The molecule has 10 heteroatoms. The summed E-state index contributed by atoms with van der Waals surface area (Å²) in [5.41, 5.74) is 2.37. The SMILES string of the molecule is Fc1ccc(/C=C/c2nc(COCCCCCOCc3coc(CCc4ccc(C(F)(F)F)cc4)n3)co2)cc1. The van der Waals surface area contributed by atoms with Crippen molar-refractivity contribution >= 4 is 12.2 Å². The summed E-state index contributed by atoms with van der Waals surface area (Å²) >= 11 is 0. The first kappa shape index (κ1) is 29.2. The van der Waals surface area contributed by atoms with Gasteiger partial charge in [0.1, 0.15) is 29.7 Å². The molecule has 0 fully saturated rings. The number of unbranched alkanes of at least 4 members (excludes halogenated alkanes) is 2. The molecule has 0 aliphatic carbocycles. The van der Waals surface area contributed by atoms with Gasteiger partial charge in [-0.25, -0.2) is 14.4 Å². The zero-order valence-electron chi connectivity index (χ0n) is 21.8. The fourth-order valence-corrected chi connectivity index (χ4v) is 3.79. The van der Waals surface area contributed by atoms with Gasteiger partial charge in [0, 0.05) is 25.7 Å². The molecule has 0 amide bonds. The minimum absolute atomic E-state index is 0.280. The molecule has 0 spiro atoms. The molecule has 4 rings (SSSR count). The van der Waals surface area contributed by atoms with Crippen LogP contribution >= 0.6 is 0 Å². The highest BCUT2D eigenvalue weighted by Gasteiger charge is 2.29.